The van der Waals surface area contributed by atoms with E-state index in [1.807, 2.05) is 12.1 Å². The smallest absolute Gasteiger partial charge is 0.121 e. The Morgan fingerprint density at radius 2 is 1.81 bits per heavy atom. The summed E-state index contributed by atoms with van der Waals surface area (Å²) in [5.74, 6) is 0. The molecule has 2 atom stereocenters. The summed E-state index contributed by atoms with van der Waals surface area (Å²) in [5, 5.41) is 4.43. The Morgan fingerprint density at radius 3 is 2.25 bits per heavy atom. The van der Waals surface area contributed by atoms with Crippen LogP contribution >= 0.6 is 11.6 Å². The van der Waals surface area contributed by atoms with Gasteiger partial charge in [0, 0.05) is 25.1 Å². The largest absolute Gasteiger partial charge is 1.00 e. The Bertz CT molecular complexity index is 389. The van der Waals surface area contributed by atoms with E-state index in [4.69, 9.17) is 11.6 Å². The summed E-state index contributed by atoms with van der Waals surface area (Å²) < 4.78 is 0. The number of hydrogen-bond donors (Lipinski definition) is 1. The van der Waals surface area contributed by atoms with Crippen LogP contribution in [-0.2, 0) is 0 Å². The van der Waals surface area contributed by atoms with Gasteiger partial charge in [0.15, 0.2) is 0 Å². The quantitative estimate of drug-likeness (QED) is 0.617. The molecule has 0 fully saturated rings. The first kappa shape index (κ1) is 14.0. The molecule has 1 aromatic carbocycles. The minimum Gasteiger partial charge on any atom is -1.00 e. The summed E-state index contributed by atoms with van der Waals surface area (Å²) in [5.41, 5.74) is 2.65. The normalized spacial score (nSPS) is 25.1. The van der Waals surface area contributed by atoms with Crippen molar-refractivity contribution < 1.29 is 29.0 Å². The van der Waals surface area contributed by atoms with Crippen molar-refractivity contribution in [2.24, 2.45) is 0 Å². The standard InChI is InChI=1S/C12H15ClN2.HI/c1-9-8-12(15(3)14(9)2)10-4-6-11(13)7-5-10;/h4-8,12H,1-3H3;1H. The third kappa shape index (κ3) is 2.59. The van der Waals surface area contributed by atoms with Crippen molar-refractivity contribution >= 4 is 11.6 Å². The van der Waals surface area contributed by atoms with Gasteiger partial charge in [-0.1, -0.05) is 23.7 Å². The van der Waals surface area contributed by atoms with Crippen LogP contribution in [0, 0.1) is 0 Å². The average Bonchev–Trinajstić information content (AvgIpc) is 2.47. The fraction of sp³-hybridized carbons (Fsp3) is 0.333. The fourth-order valence-electron chi connectivity index (χ4n) is 1.94. The first-order valence-corrected chi connectivity index (χ1v) is 5.48. The van der Waals surface area contributed by atoms with Crippen LogP contribution in [-0.4, -0.2) is 19.1 Å². The van der Waals surface area contributed by atoms with Crippen molar-refractivity contribution in [2.75, 3.05) is 14.1 Å². The molecule has 2 unspecified atom stereocenters. The van der Waals surface area contributed by atoms with Crippen LogP contribution in [0.3, 0.4) is 0 Å². The zero-order chi connectivity index (χ0) is 11.0. The highest BCUT2D eigenvalue weighted by Gasteiger charge is 2.30. The lowest BCUT2D eigenvalue weighted by atomic mass is 10.1. The Kier molecular flexibility index (Phi) is 4.79. The second-order valence-corrected chi connectivity index (χ2v) is 4.48. The molecule has 1 aromatic rings. The number of allylic oxidation sites excluding steroid dienone is 1. The maximum atomic E-state index is 5.88. The van der Waals surface area contributed by atoms with Gasteiger partial charge in [-0.05, 0) is 17.7 Å². The number of hydrogen-bond acceptors (Lipinski definition) is 1. The number of benzene rings is 1. The van der Waals surface area contributed by atoms with Crippen molar-refractivity contribution in [2.45, 2.75) is 13.0 Å². The lowest BCUT2D eigenvalue weighted by Gasteiger charge is -2.22. The van der Waals surface area contributed by atoms with Gasteiger partial charge in [-0.15, -0.1) is 5.01 Å². The molecular formula is C12H16ClIN2. The third-order valence-electron chi connectivity index (χ3n) is 3.14. The summed E-state index contributed by atoms with van der Waals surface area (Å²) >= 11 is 5.88. The van der Waals surface area contributed by atoms with Crippen LogP contribution in [0.4, 0.5) is 0 Å². The average molecular weight is 351 g/mol. The van der Waals surface area contributed by atoms with Crippen LogP contribution in [0.5, 0.6) is 0 Å². The molecule has 88 valence electrons. The van der Waals surface area contributed by atoms with Gasteiger partial charge in [-0.25, -0.2) is 5.01 Å². The molecule has 0 spiro atoms. The molecule has 1 N–H and O–H groups in total. The van der Waals surface area contributed by atoms with Gasteiger partial charge in [-0.3, -0.25) is 0 Å². The SMILES string of the molecule is CC1=CC(c2ccc(Cl)cc2)N(C)[NH+]1C.[I-]. The molecule has 0 amide bonds. The van der Waals surface area contributed by atoms with E-state index < -0.39 is 0 Å². The van der Waals surface area contributed by atoms with E-state index in [2.05, 4.69) is 44.2 Å². The van der Waals surface area contributed by atoms with E-state index in [1.165, 1.54) is 16.3 Å². The van der Waals surface area contributed by atoms with Gasteiger partial charge >= 0.3 is 0 Å². The first-order valence-electron chi connectivity index (χ1n) is 5.10. The molecule has 2 rings (SSSR count). The van der Waals surface area contributed by atoms with Gasteiger partial charge in [0.05, 0.1) is 7.05 Å². The van der Waals surface area contributed by atoms with Crippen LogP contribution in [0.25, 0.3) is 0 Å². The molecular weight excluding hydrogens is 335 g/mol. The van der Waals surface area contributed by atoms with Crippen molar-refractivity contribution in [3.05, 3.63) is 46.6 Å². The number of halogens is 2. The highest BCUT2D eigenvalue weighted by atomic mass is 127. The molecule has 2 nitrogen and oxygen atoms in total. The van der Waals surface area contributed by atoms with E-state index in [1.54, 1.807) is 0 Å². The lowest BCUT2D eigenvalue weighted by Crippen LogP contribution is -3.11. The van der Waals surface area contributed by atoms with Gasteiger partial charge < -0.3 is 24.0 Å². The number of rotatable bonds is 1. The predicted octanol–water partition coefficient (Wildman–Crippen LogP) is -1.34. The monoisotopic (exact) mass is 350 g/mol. The zero-order valence-corrected chi connectivity index (χ0v) is 12.6. The minimum absolute atomic E-state index is 0. The molecule has 1 aliphatic rings. The number of nitrogens with one attached hydrogen (secondary N) is 1. The second-order valence-electron chi connectivity index (χ2n) is 4.04. The summed E-state index contributed by atoms with van der Waals surface area (Å²) in [4.78, 5) is 0. The van der Waals surface area contributed by atoms with Crippen LogP contribution < -0.4 is 29.0 Å². The van der Waals surface area contributed by atoms with E-state index in [0.717, 1.165) is 5.02 Å². The van der Waals surface area contributed by atoms with Gasteiger partial charge in [-0.2, -0.15) is 0 Å². The van der Waals surface area contributed by atoms with Gasteiger partial charge in [0.2, 0.25) is 0 Å². The van der Waals surface area contributed by atoms with Crippen molar-refractivity contribution in [3.8, 4) is 0 Å². The first-order chi connectivity index (χ1) is 7.09. The highest BCUT2D eigenvalue weighted by molar-refractivity contribution is 6.30. The molecule has 0 saturated heterocycles. The van der Waals surface area contributed by atoms with E-state index in [9.17, 15) is 0 Å². The molecule has 16 heavy (non-hydrogen) atoms. The maximum Gasteiger partial charge on any atom is 0.121 e. The third-order valence-corrected chi connectivity index (χ3v) is 3.39. The van der Waals surface area contributed by atoms with Crippen molar-refractivity contribution in [1.29, 1.82) is 0 Å². The maximum absolute atomic E-state index is 5.88. The molecule has 0 saturated carbocycles. The van der Waals surface area contributed by atoms with E-state index >= 15 is 0 Å². The van der Waals surface area contributed by atoms with Gasteiger partial charge in [0.1, 0.15) is 11.7 Å². The van der Waals surface area contributed by atoms with Crippen LogP contribution in [0.15, 0.2) is 36.0 Å². The van der Waals surface area contributed by atoms with Crippen LogP contribution in [0.1, 0.15) is 18.5 Å². The molecule has 1 aliphatic heterocycles. The summed E-state index contributed by atoms with van der Waals surface area (Å²) in [6.07, 6.45) is 2.29. The number of nitrogens with zero attached hydrogens (tertiary/aromatic N) is 1. The molecule has 1 heterocycles. The highest BCUT2D eigenvalue weighted by Crippen LogP contribution is 2.23. The summed E-state index contributed by atoms with van der Waals surface area (Å²) in [7, 11) is 4.28. The second kappa shape index (κ2) is 5.49. The summed E-state index contributed by atoms with van der Waals surface area (Å²) in [6.45, 7) is 2.15. The van der Waals surface area contributed by atoms with Gasteiger partial charge in [0.25, 0.3) is 0 Å². The fourth-order valence-corrected chi connectivity index (χ4v) is 2.06. The Hall–Kier alpha value is -0.100. The number of likely N-dealkylation sites (N-methyl/N-ethyl adjacent to an activating group) is 1. The predicted molar refractivity (Wildman–Crippen MR) is 62.6 cm³/mol. The molecule has 0 aromatic heterocycles. The zero-order valence-electron chi connectivity index (χ0n) is 9.67. The van der Waals surface area contributed by atoms with Crippen molar-refractivity contribution in [1.82, 2.24) is 5.01 Å². The topological polar surface area (TPSA) is 7.68 Å². The Labute approximate surface area is 119 Å². The molecule has 4 heteroatoms. The lowest BCUT2D eigenvalue weighted by molar-refractivity contribution is -0.958. The van der Waals surface area contributed by atoms with E-state index in [-0.39, 0.29) is 24.0 Å². The summed E-state index contributed by atoms with van der Waals surface area (Å²) in [6, 6.07) is 8.43. The molecule has 0 bridgehead atoms. The minimum atomic E-state index is 0. The molecule has 0 radical (unpaired) electrons. The Balaban J connectivity index is 0.00000128. The van der Waals surface area contributed by atoms with E-state index in [0.29, 0.717) is 6.04 Å². The Morgan fingerprint density at radius 1 is 1.25 bits per heavy atom. The van der Waals surface area contributed by atoms with Crippen molar-refractivity contribution in [3.63, 3.8) is 0 Å². The number of quaternary nitrogens is 1. The molecule has 0 aliphatic carbocycles. The van der Waals surface area contributed by atoms with Crippen LogP contribution in [0.2, 0.25) is 5.02 Å².